The number of alkyl halides is 1. The van der Waals surface area contributed by atoms with Crippen LogP contribution in [-0.4, -0.2) is 13.7 Å². The van der Waals surface area contributed by atoms with Gasteiger partial charge in [0.25, 0.3) is 0 Å². The van der Waals surface area contributed by atoms with Gasteiger partial charge >= 0.3 is 0 Å². The molecule has 0 saturated carbocycles. The molecule has 0 saturated heterocycles. The number of nitrogens with two attached hydrogens (primary N) is 1. The Labute approximate surface area is 85.0 Å². The maximum Gasteiger partial charge on any atom is 0.141 e. The number of benzene rings is 1. The lowest BCUT2D eigenvalue weighted by atomic mass is 10.1. The number of rotatable bonds is 3. The Hall–Kier alpha value is -0.610. The van der Waals surface area contributed by atoms with Crippen LogP contribution in [-0.2, 0) is 0 Å². The molecule has 0 radical (unpaired) electrons. The molecule has 2 N–H and O–H groups in total. The summed E-state index contributed by atoms with van der Waals surface area (Å²) in [4.78, 5) is 0. The van der Waals surface area contributed by atoms with Crippen molar-refractivity contribution in [3.05, 3.63) is 28.2 Å². The third kappa shape index (κ3) is 2.42. The quantitative estimate of drug-likeness (QED) is 0.891. The molecule has 2 nitrogen and oxygen atoms in total. The molecule has 13 heavy (non-hydrogen) atoms. The van der Waals surface area contributed by atoms with Gasteiger partial charge in [0.05, 0.1) is 7.11 Å². The minimum absolute atomic E-state index is 0.0349. The Bertz CT molecular complexity index is 293. The van der Waals surface area contributed by atoms with Gasteiger partial charge < -0.3 is 10.5 Å². The molecule has 0 fully saturated rings. The van der Waals surface area contributed by atoms with E-state index >= 15 is 0 Å². The minimum Gasteiger partial charge on any atom is -0.496 e. The van der Waals surface area contributed by atoms with Gasteiger partial charge in [0.15, 0.2) is 0 Å². The zero-order chi connectivity index (χ0) is 9.84. The van der Waals surface area contributed by atoms with Gasteiger partial charge in [-0.3, -0.25) is 0 Å². The van der Waals surface area contributed by atoms with Crippen LogP contribution in [0.25, 0.3) is 0 Å². The monoisotopic (exact) mass is 247 g/mol. The third-order valence-electron chi connectivity index (χ3n) is 1.74. The second-order valence-electron chi connectivity index (χ2n) is 2.59. The number of ether oxygens (including phenoxy) is 1. The number of hydrogen-bond acceptors (Lipinski definition) is 2. The van der Waals surface area contributed by atoms with Crippen LogP contribution in [0.3, 0.4) is 0 Å². The average molecular weight is 248 g/mol. The van der Waals surface area contributed by atoms with Crippen molar-refractivity contribution in [2.45, 2.75) is 6.17 Å². The fourth-order valence-corrected chi connectivity index (χ4v) is 1.46. The number of hydrogen-bond donors (Lipinski definition) is 1. The largest absolute Gasteiger partial charge is 0.496 e. The van der Waals surface area contributed by atoms with Crippen molar-refractivity contribution in [2.24, 2.45) is 5.73 Å². The predicted octanol–water partition coefficient (Wildman–Crippen LogP) is 2.43. The summed E-state index contributed by atoms with van der Waals surface area (Å²) in [5, 5.41) is 0. The lowest BCUT2D eigenvalue weighted by Gasteiger charge is -2.11. The molecule has 1 aromatic rings. The minimum atomic E-state index is -1.17. The standard InChI is InChI=1S/C9H11BrFNO/c1-13-9-3-2-6(10)4-7(9)8(11)5-12/h2-4,8H,5,12H2,1H3. The van der Waals surface area contributed by atoms with Gasteiger partial charge in [0.2, 0.25) is 0 Å². The molecule has 0 aromatic heterocycles. The van der Waals surface area contributed by atoms with Crippen LogP contribution in [0.2, 0.25) is 0 Å². The van der Waals surface area contributed by atoms with Gasteiger partial charge in [0, 0.05) is 16.6 Å². The summed E-state index contributed by atoms with van der Waals surface area (Å²) in [5.74, 6) is 0.529. The Morgan fingerprint density at radius 2 is 2.31 bits per heavy atom. The van der Waals surface area contributed by atoms with Gasteiger partial charge in [-0.2, -0.15) is 0 Å². The zero-order valence-corrected chi connectivity index (χ0v) is 8.84. The fourth-order valence-electron chi connectivity index (χ4n) is 1.08. The highest BCUT2D eigenvalue weighted by Gasteiger charge is 2.13. The molecule has 0 aliphatic carbocycles. The Morgan fingerprint density at radius 1 is 1.62 bits per heavy atom. The van der Waals surface area contributed by atoms with Crippen LogP contribution >= 0.6 is 15.9 Å². The molecule has 1 atom stereocenters. The summed E-state index contributed by atoms with van der Waals surface area (Å²) in [6, 6.07) is 5.18. The summed E-state index contributed by atoms with van der Waals surface area (Å²) in [6.45, 7) is -0.0349. The highest BCUT2D eigenvalue weighted by Crippen LogP contribution is 2.29. The lowest BCUT2D eigenvalue weighted by Crippen LogP contribution is -2.08. The highest BCUT2D eigenvalue weighted by atomic mass is 79.9. The molecule has 0 aliphatic rings. The predicted molar refractivity (Wildman–Crippen MR) is 53.6 cm³/mol. The van der Waals surface area contributed by atoms with Crippen LogP contribution in [0.5, 0.6) is 5.75 Å². The van der Waals surface area contributed by atoms with Crippen molar-refractivity contribution >= 4 is 15.9 Å². The van der Waals surface area contributed by atoms with Crippen molar-refractivity contribution in [1.29, 1.82) is 0 Å². The van der Waals surface area contributed by atoms with Gasteiger partial charge in [-0.05, 0) is 18.2 Å². The second-order valence-corrected chi connectivity index (χ2v) is 3.51. The van der Waals surface area contributed by atoms with Crippen molar-refractivity contribution in [1.82, 2.24) is 0 Å². The summed E-state index contributed by atoms with van der Waals surface area (Å²) >= 11 is 3.26. The summed E-state index contributed by atoms with van der Waals surface area (Å²) in [7, 11) is 1.51. The Balaban J connectivity index is 3.07. The van der Waals surface area contributed by atoms with Crippen LogP contribution in [0.4, 0.5) is 4.39 Å². The van der Waals surface area contributed by atoms with Gasteiger partial charge in [-0.1, -0.05) is 15.9 Å². The van der Waals surface area contributed by atoms with E-state index in [4.69, 9.17) is 10.5 Å². The molecule has 4 heteroatoms. The van der Waals surface area contributed by atoms with E-state index in [9.17, 15) is 4.39 Å². The summed E-state index contributed by atoms with van der Waals surface area (Å²) in [5.41, 5.74) is 5.72. The molecule has 0 aliphatic heterocycles. The Kier molecular flexibility index (Phi) is 3.69. The van der Waals surface area contributed by atoms with Crippen molar-refractivity contribution in [2.75, 3.05) is 13.7 Å². The molecule has 0 spiro atoms. The first-order chi connectivity index (χ1) is 6.19. The van der Waals surface area contributed by atoms with E-state index in [2.05, 4.69) is 15.9 Å². The second kappa shape index (κ2) is 4.58. The number of methoxy groups -OCH3 is 1. The van der Waals surface area contributed by atoms with Crippen LogP contribution < -0.4 is 10.5 Å². The normalized spacial score (nSPS) is 12.6. The molecule has 0 heterocycles. The lowest BCUT2D eigenvalue weighted by molar-refractivity contribution is 0.331. The first kappa shape index (κ1) is 10.5. The zero-order valence-electron chi connectivity index (χ0n) is 7.26. The van der Waals surface area contributed by atoms with Gasteiger partial charge in [-0.15, -0.1) is 0 Å². The molecule has 1 aromatic carbocycles. The van der Waals surface area contributed by atoms with E-state index in [-0.39, 0.29) is 6.54 Å². The van der Waals surface area contributed by atoms with Crippen LogP contribution in [0.1, 0.15) is 11.7 Å². The van der Waals surface area contributed by atoms with E-state index in [0.717, 1.165) is 4.47 Å². The van der Waals surface area contributed by atoms with Crippen molar-refractivity contribution in [3.63, 3.8) is 0 Å². The molecule has 0 bridgehead atoms. The molecule has 1 unspecified atom stereocenters. The first-order valence-corrected chi connectivity index (χ1v) is 4.66. The van der Waals surface area contributed by atoms with Crippen molar-refractivity contribution < 1.29 is 9.13 Å². The molecular weight excluding hydrogens is 237 g/mol. The summed E-state index contributed by atoms with van der Waals surface area (Å²) < 4.78 is 19.1. The van der Waals surface area contributed by atoms with E-state index in [0.29, 0.717) is 11.3 Å². The maximum absolute atomic E-state index is 13.3. The van der Waals surface area contributed by atoms with Gasteiger partial charge in [-0.25, -0.2) is 4.39 Å². The van der Waals surface area contributed by atoms with E-state index in [1.165, 1.54) is 7.11 Å². The average Bonchev–Trinajstić information content (AvgIpc) is 2.16. The smallest absolute Gasteiger partial charge is 0.141 e. The molecule has 1 rings (SSSR count). The topological polar surface area (TPSA) is 35.2 Å². The van der Waals surface area contributed by atoms with Crippen molar-refractivity contribution in [3.8, 4) is 5.75 Å². The number of halogens is 2. The maximum atomic E-state index is 13.3. The van der Waals surface area contributed by atoms with E-state index in [1.807, 2.05) is 0 Å². The Morgan fingerprint density at radius 3 is 2.85 bits per heavy atom. The van der Waals surface area contributed by atoms with E-state index in [1.54, 1.807) is 18.2 Å². The molecule has 0 amide bonds. The molecule has 72 valence electrons. The van der Waals surface area contributed by atoms with Crippen LogP contribution in [0, 0.1) is 0 Å². The highest BCUT2D eigenvalue weighted by molar-refractivity contribution is 9.10. The first-order valence-electron chi connectivity index (χ1n) is 3.86. The van der Waals surface area contributed by atoms with E-state index < -0.39 is 6.17 Å². The van der Waals surface area contributed by atoms with Gasteiger partial charge in [0.1, 0.15) is 11.9 Å². The molecular formula is C9H11BrFNO. The SMILES string of the molecule is COc1ccc(Br)cc1C(F)CN. The third-order valence-corrected chi connectivity index (χ3v) is 2.23. The summed E-state index contributed by atoms with van der Waals surface area (Å²) in [6.07, 6.45) is -1.17. The fraction of sp³-hybridized carbons (Fsp3) is 0.333. The van der Waals surface area contributed by atoms with Crippen LogP contribution in [0.15, 0.2) is 22.7 Å².